The highest BCUT2D eigenvalue weighted by molar-refractivity contribution is 6.29. The summed E-state index contributed by atoms with van der Waals surface area (Å²) in [5.41, 5.74) is 3.35. The van der Waals surface area contributed by atoms with Crippen LogP contribution < -0.4 is 0 Å². The number of likely N-dealkylation sites (tertiary alicyclic amines) is 1. The first-order valence-corrected chi connectivity index (χ1v) is 12.8. The normalized spacial score (nSPS) is 15.8. The van der Waals surface area contributed by atoms with Gasteiger partial charge in [-0.05, 0) is 88.4 Å². The summed E-state index contributed by atoms with van der Waals surface area (Å²) < 4.78 is 25.5. The molecule has 1 fully saturated rings. The predicted molar refractivity (Wildman–Crippen MR) is 141 cm³/mol. The third-order valence-electron chi connectivity index (χ3n) is 6.70. The van der Waals surface area contributed by atoms with E-state index in [-0.39, 0.29) is 17.3 Å². The topological polar surface area (TPSA) is 51.7 Å². The van der Waals surface area contributed by atoms with Crippen molar-refractivity contribution in [3.05, 3.63) is 76.2 Å². The Labute approximate surface area is 217 Å². The second-order valence-electron chi connectivity index (χ2n) is 10.7. The van der Waals surface area contributed by atoms with Crippen LogP contribution in [-0.4, -0.2) is 47.9 Å². The van der Waals surface area contributed by atoms with E-state index in [9.17, 15) is 9.18 Å². The highest BCUT2D eigenvalue weighted by Crippen LogP contribution is 2.37. The number of piperidine rings is 1. The molecule has 0 N–H and O–H groups in total. The molecule has 3 aromatic rings. The fourth-order valence-corrected chi connectivity index (χ4v) is 5.00. The Morgan fingerprint density at radius 3 is 2.47 bits per heavy atom. The lowest BCUT2D eigenvalue weighted by atomic mass is 9.73. The molecular weight excluding hydrogens is 479 g/mol. The summed E-state index contributed by atoms with van der Waals surface area (Å²) in [5, 5.41) is 1.53. The summed E-state index contributed by atoms with van der Waals surface area (Å²) in [5.74, 6) is -0.265. The van der Waals surface area contributed by atoms with E-state index in [2.05, 4.69) is 24.0 Å². The third kappa shape index (κ3) is 6.34. The first-order valence-electron chi connectivity index (χ1n) is 12.4. The van der Waals surface area contributed by atoms with Crippen molar-refractivity contribution in [3.8, 4) is 0 Å². The Morgan fingerprint density at radius 1 is 1.11 bits per heavy atom. The Balaban J connectivity index is 1.45. The molecule has 1 aliphatic rings. The monoisotopic (exact) mass is 512 g/mol. The Morgan fingerprint density at radius 2 is 1.81 bits per heavy atom. The van der Waals surface area contributed by atoms with Gasteiger partial charge in [-0.15, -0.1) is 0 Å². The van der Waals surface area contributed by atoms with Crippen LogP contribution in [0.1, 0.15) is 50.3 Å². The molecule has 0 radical (unpaired) electrons. The van der Waals surface area contributed by atoms with Crippen LogP contribution in [0.2, 0.25) is 5.15 Å². The van der Waals surface area contributed by atoms with E-state index in [4.69, 9.17) is 21.1 Å². The number of carbonyl (C=O) groups is 1. The molecule has 4 rings (SSSR count). The molecule has 0 bridgehead atoms. The fourth-order valence-electron chi connectivity index (χ4n) is 4.85. The lowest BCUT2D eigenvalue weighted by molar-refractivity contribution is 0.00566. The van der Waals surface area contributed by atoms with Crippen LogP contribution in [0.25, 0.3) is 10.9 Å². The number of hydrogen-bond donors (Lipinski definition) is 0. The van der Waals surface area contributed by atoms with E-state index in [1.165, 1.54) is 17.7 Å². The predicted octanol–water partition coefficient (Wildman–Crippen LogP) is 6.86. The lowest BCUT2D eigenvalue weighted by Gasteiger charge is -2.42. The molecule has 192 valence electrons. The summed E-state index contributed by atoms with van der Waals surface area (Å²) in [6.45, 7) is 9.79. The number of rotatable bonds is 6. The molecule has 1 amide bonds. The minimum absolute atomic E-state index is 0.265. The summed E-state index contributed by atoms with van der Waals surface area (Å²) in [7, 11) is 0. The molecule has 1 aliphatic heterocycles. The van der Waals surface area contributed by atoms with Gasteiger partial charge in [0.05, 0.1) is 18.7 Å². The average molecular weight is 513 g/mol. The lowest BCUT2D eigenvalue weighted by Crippen LogP contribution is -2.48. The zero-order valence-corrected chi connectivity index (χ0v) is 22.2. The molecule has 1 saturated heterocycles. The average Bonchev–Trinajstić information content (AvgIpc) is 2.82. The van der Waals surface area contributed by atoms with Crippen LogP contribution in [0.3, 0.4) is 0 Å². The van der Waals surface area contributed by atoms with E-state index in [1.807, 2.05) is 39.0 Å². The van der Waals surface area contributed by atoms with Crippen LogP contribution in [0.15, 0.2) is 48.5 Å². The summed E-state index contributed by atoms with van der Waals surface area (Å²) >= 11 is 6.15. The van der Waals surface area contributed by atoms with Crippen LogP contribution in [-0.2, 0) is 21.3 Å². The number of hydrogen-bond acceptors (Lipinski definition) is 4. The van der Waals surface area contributed by atoms with Gasteiger partial charge in [0.1, 0.15) is 16.6 Å². The van der Waals surface area contributed by atoms with Crippen LogP contribution in [0.4, 0.5) is 9.18 Å². The van der Waals surface area contributed by atoms with E-state index in [1.54, 1.807) is 11.0 Å². The Bertz CT molecular complexity index is 1220. The number of nitrogens with zero attached hydrogens (tertiary/aromatic N) is 2. The number of benzene rings is 2. The second-order valence-corrected chi connectivity index (χ2v) is 11.1. The van der Waals surface area contributed by atoms with Crippen molar-refractivity contribution in [2.45, 2.75) is 58.0 Å². The fraction of sp³-hybridized carbons (Fsp3) is 0.448. The smallest absolute Gasteiger partial charge is 0.410 e. The minimum atomic E-state index is -0.537. The van der Waals surface area contributed by atoms with Gasteiger partial charge >= 0.3 is 6.09 Å². The molecule has 0 saturated carbocycles. The quantitative estimate of drug-likeness (QED) is 0.267. The molecule has 0 spiro atoms. The van der Waals surface area contributed by atoms with E-state index in [0.717, 1.165) is 22.0 Å². The molecule has 0 atom stereocenters. The molecule has 1 aromatic heterocycles. The number of ether oxygens (including phenoxy) is 2. The molecule has 0 unspecified atom stereocenters. The van der Waals surface area contributed by atoms with Crippen molar-refractivity contribution in [3.63, 3.8) is 0 Å². The van der Waals surface area contributed by atoms with Gasteiger partial charge < -0.3 is 14.4 Å². The first kappa shape index (κ1) is 26.4. The summed E-state index contributed by atoms with van der Waals surface area (Å²) in [6, 6.07) is 14.7. The zero-order valence-electron chi connectivity index (χ0n) is 21.4. The van der Waals surface area contributed by atoms with Gasteiger partial charge in [-0.25, -0.2) is 14.2 Å². The third-order valence-corrected chi connectivity index (χ3v) is 6.92. The molecule has 36 heavy (non-hydrogen) atoms. The second kappa shape index (κ2) is 10.7. The highest BCUT2D eigenvalue weighted by atomic mass is 35.5. The van der Waals surface area contributed by atoms with Gasteiger partial charge in [0.2, 0.25) is 0 Å². The molecule has 2 aromatic carbocycles. The SMILES string of the molecule is Cc1cc(CCOCC2(c3ccc(F)cc3)CCN(C(=O)OC(C)(C)C)CC2)c2nc(Cl)ccc2c1. The van der Waals surface area contributed by atoms with Crippen LogP contribution in [0, 0.1) is 12.7 Å². The summed E-state index contributed by atoms with van der Waals surface area (Å²) in [6.07, 6.45) is 1.83. The molecule has 2 heterocycles. The van der Waals surface area contributed by atoms with Gasteiger partial charge in [-0.3, -0.25) is 0 Å². The molecule has 0 aliphatic carbocycles. The van der Waals surface area contributed by atoms with Crippen molar-refractivity contribution in [1.82, 2.24) is 9.88 Å². The highest BCUT2D eigenvalue weighted by Gasteiger charge is 2.39. The van der Waals surface area contributed by atoms with Crippen LogP contribution >= 0.6 is 11.6 Å². The number of halogens is 2. The van der Waals surface area contributed by atoms with E-state index >= 15 is 0 Å². The van der Waals surface area contributed by atoms with Crippen molar-refractivity contribution >= 4 is 28.6 Å². The molecule has 5 nitrogen and oxygen atoms in total. The van der Waals surface area contributed by atoms with Gasteiger partial charge in [-0.2, -0.15) is 0 Å². The maximum absolute atomic E-state index is 13.7. The van der Waals surface area contributed by atoms with Gasteiger partial charge in [0, 0.05) is 23.9 Å². The first-order chi connectivity index (χ1) is 17.0. The van der Waals surface area contributed by atoms with Gasteiger partial charge in [0.15, 0.2) is 0 Å². The number of pyridine rings is 1. The number of aryl methyl sites for hydroxylation is 1. The molecular formula is C29H34ClFN2O3. The van der Waals surface area contributed by atoms with Crippen molar-refractivity contribution in [2.75, 3.05) is 26.3 Å². The maximum Gasteiger partial charge on any atom is 0.410 e. The number of aromatic nitrogens is 1. The Kier molecular flexibility index (Phi) is 7.86. The van der Waals surface area contributed by atoms with Crippen molar-refractivity contribution in [2.24, 2.45) is 0 Å². The zero-order chi connectivity index (χ0) is 25.9. The number of amides is 1. The van der Waals surface area contributed by atoms with Crippen molar-refractivity contribution in [1.29, 1.82) is 0 Å². The number of carbonyl (C=O) groups excluding carboxylic acids is 1. The van der Waals surface area contributed by atoms with Gasteiger partial charge in [-0.1, -0.05) is 35.4 Å². The Hall–Kier alpha value is -2.70. The van der Waals surface area contributed by atoms with E-state index < -0.39 is 5.60 Å². The van der Waals surface area contributed by atoms with Gasteiger partial charge in [0.25, 0.3) is 0 Å². The van der Waals surface area contributed by atoms with E-state index in [0.29, 0.717) is 50.7 Å². The number of fused-ring (bicyclic) bond motifs is 1. The van der Waals surface area contributed by atoms with Crippen molar-refractivity contribution < 1.29 is 18.7 Å². The standard InChI is InChI=1S/C29H34ClFN2O3/c1-20-17-21-5-10-25(30)32-26(21)22(18-20)11-16-35-19-29(23-6-8-24(31)9-7-23)12-14-33(15-13-29)27(34)36-28(2,3)4/h5-10,17-18H,11-16,19H2,1-4H3. The maximum atomic E-state index is 13.7. The van der Waals surface area contributed by atoms with Crippen LogP contribution in [0.5, 0.6) is 0 Å². The minimum Gasteiger partial charge on any atom is -0.444 e. The summed E-state index contributed by atoms with van der Waals surface area (Å²) in [4.78, 5) is 18.9. The largest absolute Gasteiger partial charge is 0.444 e. The molecule has 7 heteroatoms.